The van der Waals surface area contributed by atoms with Crippen molar-refractivity contribution >= 4 is 10.0 Å². The third-order valence-electron chi connectivity index (χ3n) is 5.25. The molecule has 2 aliphatic rings. The number of benzene rings is 1. The summed E-state index contributed by atoms with van der Waals surface area (Å²) in [7, 11) is 0.149. The standard InChI is InChI=1S/C17H28N4O3S/c1-18-25(23,24)15-5-3-14(4-6-15)11-20-12-16(17(22)13-20)21-9-7-19(2)8-10-21/h3-6,16-18,22H,7-13H2,1-2H3/t16-,17-/m1/s1. The van der Waals surface area contributed by atoms with Gasteiger partial charge in [-0.05, 0) is 31.8 Å². The summed E-state index contributed by atoms with van der Waals surface area (Å²) in [5.74, 6) is 0. The minimum absolute atomic E-state index is 0.192. The summed E-state index contributed by atoms with van der Waals surface area (Å²) in [5, 5.41) is 10.5. The second-order valence-electron chi connectivity index (χ2n) is 7.02. The maximum atomic E-state index is 11.8. The van der Waals surface area contributed by atoms with E-state index in [1.807, 2.05) is 12.1 Å². The summed E-state index contributed by atoms with van der Waals surface area (Å²) in [6.45, 7) is 6.33. The van der Waals surface area contributed by atoms with Gasteiger partial charge in [0.25, 0.3) is 0 Å². The fraction of sp³-hybridized carbons (Fsp3) is 0.647. The Morgan fingerprint density at radius 1 is 1.12 bits per heavy atom. The number of hydrogen-bond donors (Lipinski definition) is 2. The van der Waals surface area contributed by atoms with E-state index in [4.69, 9.17) is 0 Å². The number of rotatable bonds is 5. The topological polar surface area (TPSA) is 76.1 Å². The quantitative estimate of drug-likeness (QED) is 0.722. The van der Waals surface area contributed by atoms with Gasteiger partial charge in [0, 0.05) is 51.9 Å². The van der Waals surface area contributed by atoms with Crippen LogP contribution in [0.4, 0.5) is 0 Å². The van der Waals surface area contributed by atoms with E-state index < -0.39 is 10.0 Å². The molecule has 0 saturated carbocycles. The third-order valence-corrected chi connectivity index (χ3v) is 6.68. The second-order valence-corrected chi connectivity index (χ2v) is 8.91. The highest BCUT2D eigenvalue weighted by Crippen LogP contribution is 2.20. The molecule has 0 bridgehead atoms. The van der Waals surface area contributed by atoms with Gasteiger partial charge in [0.05, 0.1) is 11.0 Å². The minimum Gasteiger partial charge on any atom is -0.390 e. The van der Waals surface area contributed by atoms with E-state index in [0.717, 1.165) is 44.8 Å². The Morgan fingerprint density at radius 3 is 2.36 bits per heavy atom. The van der Waals surface area contributed by atoms with Crippen LogP contribution in [0.1, 0.15) is 5.56 Å². The van der Waals surface area contributed by atoms with Crippen LogP contribution in [0.15, 0.2) is 29.2 Å². The molecule has 1 aromatic rings. The SMILES string of the molecule is CNS(=O)(=O)c1ccc(CN2C[C@@H](O)[C@H](N3CCN(C)CC3)C2)cc1. The van der Waals surface area contributed by atoms with Crippen LogP contribution < -0.4 is 4.72 Å². The highest BCUT2D eigenvalue weighted by atomic mass is 32.2. The first kappa shape index (κ1) is 18.8. The average molecular weight is 369 g/mol. The Hall–Kier alpha value is -1.03. The molecule has 2 heterocycles. The van der Waals surface area contributed by atoms with Crippen LogP contribution in [0.2, 0.25) is 0 Å². The zero-order chi connectivity index (χ0) is 18.0. The van der Waals surface area contributed by atoms with Gasteiger partial charge in [-0.2, -0.15) is 0 Å². The van der Waals surface area contributed by atoms with Gasteiger partial charge < -0.3 is 10.0 Å². The van der Waals surface area contributed by atoms with Gasteiger partial charge >= 0.3 is 0 Å². The number of β-amino-alcohol motifs (C(OH)–C–C–N with tert-alkyl or cyclic N) is 1. The molecule has 0 aromatic heterocycles. The van der Waals surface area contributed by atoms with Crippen molar-refractivity contribution in [2.75, 3.05) is 53.4 Å². The monoisotopic (exact) mass is 368 g/mol. The number of piperazine rings is 1. The lowest BCUT2D eigenvalue weighted by Crippen LogP contribution is -2.52. The molecule has 0 spiro atoms. The fourth-order valence-corrected chi connectivity index (χ4v) is 4.37. The Balaban J connectivity index is 1.59. The van der Waals surface area contributed by atoms with Crippen LogP contribution in [0, 0.1) is 0 Å². The number of sulfonamides is 1. The summed E-state index contributed by atoms with van der Waals surface area (Å²) in [6.07, 6.45) is -0.327. The van der Waals surface area contributed by atoms with Crippen molar-refractivity contribution in [1.29, 1.82) is 0 Å². The normalized spacial score (nSPS) is 27.0. The van der Waals surface area contributed by atoms with Crippen LogP contribution in [-0.2, 0) is 16.6 Å². The molecule has 7 nitrogen and oxygen atoms in total. The molecule has 140 valence electrons. The lowest BCUT2D eigenvalue weighted by molar-refractivity contribution is 0.0512. The average Bonchev–Trinajstić information content (AvgIpc) is 2.96. The highest BCUT2D eigenvalue weighted by Gasteiger charge is 2.36. The third kappa shape index (κ3) is 4.39. The summed E-state index contributed by atoms with van der Waals surface area (Å²) < 4.78 is 25.9. The maximum absolute atomic E-state index is 11.8. The van der Waals surface area contributed by atoms with Crippen LogP contribution in [0.25, 0.3) is 0 Å². The number of aliphatic hydroxyl groups excluding tert-OH is 1. The van der Waals surface area contributed by atoms with E-state index in [2.05, 4.69) is 26.5 Å². The lowest BCUT2D eigenvalue weighted by Gasteiger charge is -2.37. The van der Waals surface area contributed by atoms with Crippen molar-refractivity contribution in [3.8, 4) is 0 Å². The number of likely N-dealkylation sites (tertiary alicyclic amines) is 1. The molecule has 25 heavy (non-hydrogen) atoms. The predicted octanol–water partition coefficient (Wildman–Crippen LogP) is -0.613. The van der Waals surface area contributed by atoms with E-state index in [0.29, 0.717) is 6.54 Å². The van der Waals surface area contributed by atoms with Gasteiger partial charge in [-0.25, -0.2) is 13.1 Å². The molecule has 2 aliphatic heterocycles. The van der Waals surface area contributed by atoms with Crippen LogP contribution in [0.5, 0.6) is 0 Å². The summed E-state index contributed by atoms with van der Waals surface area (Å²) >= 11 is 0. The van der Waals surface area contributed by atoms with Crippen LogP contribution in [-0.4, -0.2) is 93.7 Å². The van der Waals surface area contributed by atoms with E-state index in [1.54, 1.807) is 12.1 Å². The first-order valence-electron chi connectivity index (χ1n) is 8.74. The molecule has 8 heteroatoms. The van der Waals surface area contributed by atoms with E-state index in [-0.39, 0.29) is 17.0 Å². The minimum atomic E-state index is -3.39. The molecule has 0 aliphatic carbocycles. The molecule has 2 N–H and O–H groups in total. The van der Waals surface area contributed by atoms with E-state index in [9.17, 15) is 13.5 Å². The van der Waals surface area contributed by atoms with Crippen molar-refractivity contribution < 1.29 is 13.5 Å². The number of likely N-dealkylation sites (N-methyl/N-ethyl adjacent to an activating group) is 1. The lowest BCUT2D eigenvalue weighted by atomic mass is 10.1. The first-order chi connectivity index (χ1) is 11.9. The van der Waals surface area contributed by atoms with Gasteiger partial charge in [0.1, 0.15) is 0 Å². The molecule has 2 fully saturated rings. The molecular weight excluding hydrogens is 340 g/mol. The molecule has 0 amide bonds. The van der Waals surface area contributed by atoms with Crippen molar-refractivity contribution in [2.24, 2.45) is 0 Å². The van der Waals surface area contributed by atoms with E-state index in [1.165, 1.54) is 7.05 Å². The molecule has 2 atom stereocenters. The molecular formula is C17H28N4O3S. The Kier molecular flexibility index (Phi) is 5.77. The molecule has 2 saturated heterocycles. The molecule has 3 rings (SSSR count). The molecule has 0 unspecified atom stereocenters. The predicted molar refractivity (Wildman–Crippen MR) is 96.8 cm³/mol. The van der Waals surface area contributed by atoms with Gasteiger partial charge in [0.2, 0.25) is 10.0 Å². The number of nitrogens with one attached hydrogen (secondary N) is 1. The zero-order valence-corrected chi connectivity index (χ0v) is 15.7. The Morgan fingerprint density at radius 2 is 1.76 bits per heavy atom. The Labute approximate surface area is 150 Å². The van der Waals surface area contributed by atoms with Crippen LogP contribution >= 0.6 is 0 Å². The number of hydrogen-bond acceptors (Lipinski definition) is 6. The Bertz CT molecular complexity index is 672. The maximum Gasteiger partial charge on any atom is 0.240 e. The molecule has 1 aromatic carbocycles. The number of nitrogens with zero attached hydrogens (tertiary/aromatic N) is 3. The fourth-order valence-electron chi connectivity index (χ4n) is 3.64. The van der Waals surface area contributed by atoms with Crippen molar-refractivity contribution in [1.82, 2.24) is 19.4 Å². The summed E-state index contributed by atoms with van der Waals surface area (Å²) in [4.78, 5) is 7.23. The summed E-state index contributed by atoms with van der Waals surface area (Å²) in [5.41, 5.74) is 1.06. The number of aliphatic hydroxyl groups is 1. The van der Waals surface area contributed by atoms with Crippen molar-refractivity contribution in [3.63, 3.8) is 0 Å². The van der Waals surface area contributed by atoms with Gasteiger partial charge in [0.15, 0.2) is 0 Å². The highest BCUT2D eigenvalue weighted by molar-refractivity contribution is 7.89. The van der Waals surface area contributed by atoms with Crippen molar-refractivity contribution in [2.45, 2.75) is 23.6 Å². The van der Waals surface area contributed by atoms with E-state index >= 15 is 0 Å². The largest absolute Gasteiger partial charge is 0.390 e. The molecule has 0 radical (unpaired) electrons. The van der Waals surface area contributed by atoms with Crippen molar-refractivity contribution in [3.05, 3.63) is 29.8 Å². The van der Waals surface area contributed by atoms with Gasteiger partial charge in [-0.15, -0.1) is 0 Å². The van der Waals surface area contributed by atoms with Gasteiger partial charge in [-0.3, -0.25) is 9.80 Å². The zero-order valence-electron chi connectivity index (χ0n) is 14.9. The first-order valence-corrected chi connectivity index (χ1v) is 10.2. The second kappa shape index (κ2) is 7.69. The smallest absolute Gasteiger partial charge is 0.240 e. The van der Waals surface area contributed by atoms with Crippen LogP contribution in [0.3, 0.4) is 0 Å². The summed E-state index contributed by atoms with van der Waals surface area (Å²) in [6, 6.07) is 7.15. The van der Waals surface area contributed by atoms with Gasteiger partial charge in [-0.1, -0.05) is 12.1 Å².